The van der Waals surface area contributed by atoms with Crippen LogP contribution >= 0.6 is 12.2 Å². The first kappa shape index (κ1) is 18.3. The van der Waals surface area contributed by atoms with Crippen molar-refractivity contribution in [3.8, 4) is 0 Å². The fourth-order valence-corrected chi connectivity index (χ4v) is 2.46. The Hall–Kier alpha value is -0.720. The number of amides is 1. The van der Waals surface area contributed by atoms with Crippen LogP contribution in [0.2, 0.25) is 0 Å². The second kappa shape index (κ2) is 8.66. The maximum Gasteiger partial charge on any atom is 0.239 e. The Labute approximate surface area is 133 Å². The molecule has 5 nitrogen and oxygen atoms in total. The van der Waals surface area contributed by atoms with Crippen LogP contribution in [0.4, 0.5) is 0 Å². The third kappa shape index (κ3) is 5.88. The van der Waals surface area contributed by atoms with E-state index in [0.717, 1.165) is 38.9 Å². The Balaban J connectivity index is 2.46. The number of hydrogen-bond acceptors (Lipinski definition) is 4. The van der Waals surface area contributed by atoms with E-state index in [2.05, 4.69) is 24.1 Å². The second-order valence-corrected chi connectivity index (χ2v) is 6.71. The van der Waals surface area contributed by atoms with E-state index >= 15 is 0 Å². The summed E-state index contributed by atoms with van der Waals surface area (Å²) >= 11 is 5.09. The van der Waals surface area contributed by atoms with E-state index in [0.29, 0.717) is 18.2 Å². The summed E-state index contributed by atoms with van der Waals surface area (Å²) < 4.78 is 5.46. The number of morpholine rings is 1. The standard InChI is InChI=1S/C15H29N3O2S/c1-4-7-17-13(19)12-11-20-10-9-18(12)8-5-6-15(2,3)14(16)21/h12H,4-11H2,1-3H3,(H2,16,21)(H,17,19). The fourth-order valence-electron chi connectivity index (χ4n) is 2.36. The molecule has 1 fully saturated rings. The van der Waals surface area contributed by atoms with Gasteiger partial charge < -0.3 is 15.8 Å². The average Bonchev–Trinajstić information content (AvgIpc) is 2.45. The van der Waals surface area contributed by atoms with Gasteiger partial charge in [0.1, 0.15) is 6.04 Å². The molecule has 1 unspecified atom stereocenters. The number of thiocarbonyl (C=S) groups is 1. The molecule has 1 heterocycles. The summed E-state index contributed by atoms with van der Waals surface area (Å²) in [4.78, 5) is 14.9. The van der Waals surface area contributed by atoms with Gasteiger partial charge in [-0.2, -0.15) is 0 Å². The van der Waals surface area contributed by atoms with Crippen LogP contribution in [0.15, 0.2) is 0 Å². The quantitative estimate of drug-likeness (QED) is 0.661. The van der Waals surface area contributed by atoms with Crippen molar-refractivity contribution in [2.24, 2.45) is 11.1 Å². The largest absolute Gasteiger partial charge is 0.393 e. The molecule has 1 aliphatic rings. The van der Waals surface area contributed by atoms with Crippen molar-refractivity contribution in [2.45, 2.75) is 46.1 Å². The molecule has 0 bridgehead atoms. The second-order valence-electron chi connectivity index (χ2n) is 6.27. The van der Waals surface area contributed by atoms with Crippen LogP contribution in [0.25, 0.3) is 0 Å². The van der Waals surface area contributed by atoms with Gasteiger partial charge in [0.15, 0.2) is 0 Å². The smallest absolute Gasteiger partial charge is 0.239 e. The van der Waals surface area contributed by atoms with Gasteiger partial charge >= 0.3 is 0 Å². The maximum atomic E-state index is 12.2. The van der Waals surface area contributed by atoms with Gasteiger partial charge in [-0.15, -0.1) is 0 Å². The van der Waals surface area contributed by atoms with Crippen molar-refractivity contribution >= 4 is 23.1 Å². The van der Waals surface area contributed by atoms with Crippen molar-refractivity contribution in [1.82, 2.24) is 10.2 Å². The predicted octanol–water partition coefficient (Wildman–Crippen LogP) is 1.31. The minimum Gasteiger partial charge on any atom is -0.393 e. The molecule has 0 aromatic heterocycles. The summed E-state index contributed by atoms with van der Waals surface area (Å²) in [6.45, 7) is 9.76. The van der Waals surface area contributed by atoms with Gasteiger partial charge in [-0.25, -0.2) is 0 Å². The van der Waals surface area contributed by atoms with Crippen LogP contribution in [-0.4, -0.2) is 54.7 Å². The van der Waals surface area contributed by atoms with Gasteiger partial charge in [0.25, 0.3) is 0 Å². The fraction of sp³-hybridized carbons (Fsp3) is 0.867. The molecule has 1 amide bonds. The van der Waals surface area contributed by atoms with Gasteiger partial charge in [0, 0.05) is 18.5 Å². The SMILES string of the molecule is CCCNC(=O)C1COCCN1CCCC(C)(C)C(N)=S. The lowest BCUT2D eigenvalue weighted by molar-refractivity contribution is -0.132. The molecule has 0 spiro atoms. The van der Waals surface area contributed by atoms with E-state index in [4.69, 9.17) is 22.7 Å². The molecule has 0 aliphatic carbocycles. The zero-order valence-corrected chi connectivity index (χ0v) is 14.3. The molecule has 6 heteroatoms. The van der Waals surface area contributed by atoms with E-state index in [1.807, 2.05) is 6.92 Å². The van der Waals surface area contributed by atoms with Gasteiger partial charge in [0.2, 0.25) is 5.91 Å². The molecule has 0 aromatic carbocycles. The van der Waals surface area contributed by atoms with E-state index < -0.39 is 0 Å². The first-order chi connectivity index (χ1) is 9.88. The first-order valence-corrected chi connectivity index (χ1v) is 8.18. The Morgan fingerprint density at radius 2 is 2.24 bits per heavy atom. The summed E-state index contributed by atoms with van der Waals surface area (Å²) in [5.74, 6) is 0.0742. The topological polar surface area (TPSA) is 67.6 Å². The van der Waals surface area contributed by atoms with Gasteiger partial charge in [-0.05, 0) is 25.8 Å². The van der Waals surface area contributed by atoms with Crippen molar-refractivity contribution in [2.75, 3.05) is 32.8 Å². The zero-order valence-electron chi connectivity index (χ0n) is 13.5. The molecular weight excluding hydrogens is 286 g/mol. The molecule has 0 radical (unpaired) electrons. The Morgan fingerprint density at radius 3 is 2.86 bits per heavy atom. The number of ether oxygens (including phenoxy) is 1. The molecule has 0 saturated carbocycles. The highest BCUT2D eigenvalue weighted by Crippen LogP contribution is 2.23. The van der Waals surface area contributed by atoms with E-state index in [-0.39, 0.29) is 17.4 Å². The minimum atomic E-state index is -0.168. The summed E-state index contributed by atoms with van der Waals surface area (Å²) in [6.07, 6.45) is 2.85. The number of nitrogens with one attached hydrogen (secondary N) is 1. The third-order valence-corrected chi connectivity index (χ3v) is 4.56. The Kier molecular flexibility index (Phi) is 7.56. The lowest BCUT2D eigenvalue weighted by Crippen LogP contribution is -2.54. The summed E-state index contributed by atoms with van der Waals surface area (Å²) in [5, 5.41) is 2.96. The van der Waals surface area contributed by atoms with E-state index in [9.17, 15) is 4.79 Å². The first-order valence-electron chi connectivity index (χ1n) is 7.78. The highest BCUT2D eigenvalue weighted by Gasteiger charge is 2.29. The zero-order chi connectivity index (χ0) is 15.9. The van der Waals surface area contributed by atoms with Gasteiger partial charge in [-0.1, -0.05) is 33.0 Å². The Morgan fingerprint density at radius 1 is 1.52 bits per heavy atom. The molecular formula is C15H29N3O2S. The van der Waals surface area contributed by atoms with Crippen LogP contribution in [0.5, 0.6) is 0 Å². The number of rotatable bonds is 8. The van der Waals surface area contributed by atoms with Crippen LogP contribution in [0, 0.1) is 5.41 Å². The van der Waals surface area contributed by atoms with Gasteiger partial charge in [-0.3, -0.25) is 9.69 Å². The van der Waals surface area contributed by atoms with Crippen molar-refractivity contribution in [3.05, 3.63) is 0 Å². The van der Waals surface area contributed by atoms with Crippen LogP contribution in [0.3, 0.4) is 0 Å². The van der Waals surface area contributed by atoms with E-state index in [1.54, 1.807) is 0 Å². The normalized spacial score (nSPS) is 20.2. The minimum absolute atomic E-state index is 0.0742. The van der Waals surface area contributed by atoms with Gasteiger partial charge in [0.05, 0.1) is 18.2 Å². The summed E-state index contributed by atoms with van der Waals surface area (Å²) in [6, 6.07) is -0.168. The number of nitrogens with two attached hydrogens (primary N) is 1. The van der Waals surface area contributed by atoms with Crippen molar-refractivity contribution < 1.29 is 9.53 Å². The Bertz CT molecular complexity index is 361. The maximum absolute atomic E-state index is 12.2. The molecule has 3 N–H and O–H groups in total. The molecule has 1 saturated heterocycles. The number of carbonyl (C=O) groups is 1. The van der Waals surface area contributed by atoms with E-state index in [1.165, 1.54) is 0 Å². The van der Waals surface area contributed by atoms with Crippen molar-refractivity contribution in [3.63, 3.8) is 0 Å². The summed E-state index contributed by atoms with van der Waals surface area (Å²) in [7, 11) is 0. The lowest BCUT2D eigenvalue weighted by Gasteiger charge is -2.35. The molecule has 122 valence electrons. The highest BCUT2D eigenvalue weighted by atomic mass is 32.1. The predicted molar refractivity (Wildman–Crippen MR) is 89.3 cm³/mol. The number of hydrogen-bond donors (Lipinski definition) is 2. The lowest BCUT2D eigenvalue weighted by atomic mass is 9.88. The highest BCUT2D eigenvalue weighted by molar-refractivity contribution is 7.80. The third-order valence-electron chi connectivity index (χ3n) is 4.01. The van der Waals surface area contributed by atoms with Crippen molar-refractivity contribution in [1.29, 1.82) is 0 Å². The van der Waals surface area contributed by atoms with Crippen LogP contribution in [-0.2, 0) is 9.53 Å². The molecule has 1 atom stereocenters. The molecule has 0 aromatic rings. The molecule has 21 heavy (non-hydrogen) atoms. The summed E-state index contributed by atoms with van der Waals surface area (Å²) in [5.41, 5.74) is 5.63. The number of carbonyl (C=O) groups excluding carboxylic acids is 1. The van der Waals surface area contributed by atoms with Crippen LogP contribution < -0.4 is 11.1 Å². The number of nitrogens with zero attached hydrogens (tertiary/aromatic N) is 1. The van der Waals surface area contributed by atoms with Crippen LogP contribution in [0.1, 0.15) is 40.0 Å². The molecule has 1 aliphatic heterocycles. The monoisotopic (exact) mass is 315 g/mol. The average molecular weight is 315 g/mol. The molecule has 1 rings (SSSR count).